The molecule has 0 radical (unpaired) electrons. The van der Waals surface area contributed by atoms with E-state index in [1.165, 1.54) is 24.6 Å². The molecule has 164 valence electrons. The fraction of sp³-hybridized carbons (Fsp3) is 0.391. The summed E-state index contributed by atoms with van der Waals surface area (Å²) in [6.07, 6.45) is 8.89. The molecule has 8 nitrogen and oxygen atoms in total. The fourth-order valence-electron chi connectivity index (χ4n) is 4.49. The minimum atomic E-state index is 0.000648. The van der Waals surface area contributed by atoms with Gasteiger partial charge in [0.2, 0.25) is 5.16 Å². The van der Waals surface area contributed by atoms with Crippen LogP contribution in [0.25, 0.3) is 16.7 Å². The molecule has 0 saturated heterocycles. The Kier molecular flexibility index (Phi) is 4.98. The summed E-state index contributed by atoms with van der Waals surface area (Å²) < 4.78 is 15.0. The zero-order valence-electron chi connectivity index (χ0n) is 17.6. The number of hydrogen-bond acceptors (Lipinski definition) is 7. The van der Waals surface area contributed by atoms with Gasteiger partial charge in [-0.1, -0.05) is 30.7 Å². The van der Waals surface area contributed by atoms with Crippen LogP contribution in [0.2, 0.25) is 0 Å². The summed E-state index contributed by atoms with van der Waals surface area (Å²) in [5.41, 5.74) is 1.85. The Morgan fingerprint density at radius 3 is 2.78 bits per heavy atom. The monoisotopic (exact) mass is 449 g/mol. The molecule has 1 fully saturated rings. The summed E-state index contributed by atoms with van der Waals surface area (Å²) >= 11 is 1.53. The highest BCUT2D eigenvalue weighted by molar-refractivity contribution is 7.98. The van der Waals surface area contributed by atoms with Gasteiger partial charge >= 0.3 is 0 Å². The summed E-state index contributed by atoms with van der Waals surface area (Å²) in [7, 11) is 0. The number of rotatable bonds is 4. The highest BCUT2D eigenvalue weighted by Crippen LogP contribution is 2.32. The summed E-state index contributed by atoms with van der Waals surface area (Å²) in [4.78, 5) is 22.0. The van der Waals surface area contributed by atoms with Crippen molar-refractivity contribution >= 4 is 28.4 Å². The zero-order valence-corrected chi connectivity index (χ0v) is 18.4. The van der Waals surface area contributed by atoms with E-state index in [1.54, 1.807) is 10.7 Å². The number of nitrogens with zero attached hydrogens (tertiary/aromatic N) is 5. The van der Waals surface area contributed by atoms with Crippen molar-refractivity contribution in [3.8, 4) is 11.5 Å². The molecule has 6 rings (SSSR count). The van der Waals surface area contributed by atoms with Crippen LogP contribution < -0.4 is 15.0 Å². The topological polar surface area (TPSA) is 83.5 Å². The largest absolute Gasteiger partial charge is 0.490 e. The van der Waals surface area contributed by atoms with Gasteiger partial charge in [-0.15, -0.1) is 5.10 Å². The molecule has 32 heavy (non-hydrogen) atoms. The Bertz CT molecular complexity index is 1360. The molecule has 2 aliphatic rings. The number of aromatic nitrogens is 5. The lowest BCUT2D eigenvalue weighted by Gasteiger charge is -2.13. The molecule has 0 bridgehead atoms. The van der Waals surface area contributed by atoms with Crippen LogP contribution in [0, 0.1) is 0 Å². The van der Waals surface area contributed by atoms with Crippen molar-refractivity contribution in [2.75, 3.05) is 13.2 Å². The molecule has 1 aliphatic carbocycles. The van der Waals surface area contributed by atoms with E-state index in [2.05, 4.69) is 15.1 Å². The van der Waals surface area contributed by atoms with Crippen molar-refractivity contribution in [2.45, 2.75) is 49.1 Å². The van der Waals surface area contributed by atoms with E-state index in [-0.39, 0.29) is 5.56 Å². The van der Waals surface area contributed by atoms with Crippen molar-refractivity contribution in [1.29, 1.82) is 0 Å². The molecule has 4 aromatic rings. The summed E-state index contributed by atoms with van der Waals surface area (Å²) in [6, 6.07) is 8.26. The van der Waals surface area contributed by atoms with Gasteiger partial charge < -0.3 is 14.0 Å². The number of fused-ring (bicyclic) bond motifs is 4. The first-order valence-corrected chi connectivity index (χ1v) is 12.0. The van der Waals surface area contributed by atoms with Crippen LogP contribution in [0.3, 0.4) is 0 Å². The lowest BCUT2D eigenvalue weighted by Crippen LogP contribution is -2.23. The first-order valence-electron chi connectivity index (χ1n) is 11.0. The Labute approximate surface area is 188 Å². The van der Waals surface area contributed by atoms with Crippen LogP contribution in [0.4, 0.5) is 0 Å². The van der Waals surface area contributed by atoms with Crippen LogP contribution in [-0.4, -0.2) is 37.4 Å². The summed E-state index contributed by atoms with van der Waals surface area (Å²) in [5.74, 6) is 2.77. The van der Waals surface area contributed by atoms with Crippen LogP contribution in [0.1, 0.15) is 43.7 Å². The van der Waals surface area contributed by atoms with Gasteiger partial charge in [0.15, 0.2) is 11.5 Å². The van der Waals surface area contributed by atoms with Crippen LogP contribution in [0.5, 0.6) is 11.5 Å². The maximum Gasteiger partial charge on any atom is 0.261 e. The highest BCUT2D eigenvalue weighted by Gasteiger charge is 2.20. The molecule has 0 N–H and O–H groups in total. The normalized spacial score (nSPS) is 16.6. The van der Waals surface area contributed by atoms with Gasteiger partial charge in [-0.2, -0.15) is 9.50 Å². The van der Waals surface area contributed by atoms with E-state index >= 15 is 0 Å². The minimum Gasteiger partial charge on any atom is -0.490 e. The van der Waals surface area contributed by atoms with E-state index in [9.17, 15) is 4.79 Å². The van der Waals surface area contributed by atoms with Gasteiger partial charge in [0, 0.05) is 30.6 Å². The second-order valence-electron chi connectivity index (χ2n) is 8.25. The van der Waals surface area contributed by atoms with Gasteiger partial charge in [0.25, 0.3) is 11.3 Å². The number of ether oxygens (including phenoxy) is 2. The molecule has 0 unspecified atom stereocenters. The van der Waals surface area contributed by atoms with E-state index in [0.29, 0.717) is 41.3 Å². The van der Waals surface area contributed by atoms with Gasteiger partial charge in [-0.25, -0.2) is 4.98 Å². The molecule has 0 amide bonds. The van der Waals surface area contributed by atoms with E-state index in [4.69, 9.17) is 9.47 Å². The van der Waals surface area contributed by atoms with Crippen molar-refractivity contribution < 1.29 is 9.47 Å². The number of hydrogen-bond donors (Lipinski definition) is 0. The molecule has 9 heteroatoms. The summed E-state index contributed by atoms with van der Waals surface area (Å²) in [6.45, 7) is 1.34. The minimum absolute atomic E-state index is 0.000648. The lowest BCUT2D eigenvalue weighted by atomic mass is 10.2. The Morgan fingerprint density at radius 1 is 1.06 bits per heavy atom. The molecule has 0 spiro atoms. The third kappa shape index (κ3) is 3.50. The number of thioether (sulfide) groups is 1. The molecule has 4 heterocycles. The average molecular weight is 450 g/mol. The first kappa shape index (κ1) is 19.6. The van der Waals surface area contributed by atoms with Crippen molar-refractivity contribution in [3.63, 3.8) is 0 Å². The second kappa shape index (κ2) is 8.12. The quantitative estimate of drug-likeness (QED) is 0.435. The molecule has 1 aromatic carbocycles. The van der Waals surface area contributed by atoms with E-state index in [0.717, 1.165) is 41.8 Å². The van der Waals surface area contributed by atoms with Crippen molar-refractivity contribution in [2.24, 2.45) is 0 Å². The molecular weight excluding hydrogens is 426 g/mol. The number of benzene rings is 1. The van der Waals surface area contributed by atoms with Crippen LogP contribution in [-0.2, 0) is 5.75 Å². The SMILES string of the molecule is O=c1c2cnc3nc(SCc4ccc5c(c4)OCCCO5)nn3c2ccn1C1CCCC1. The summed E-state index contributed by atoms with van der Waals surface area (Å²) in [5, 5.41) is 5.83. The van der Waals surface area contributed by atoms with E-state index < -0.39 is 0 Å². The first-order chi connectivity index (χ1) is 15.8. The standard InChI is InChI=1S/C23H23N5O3S/c29-21-17-13-24-22-25-23(26-28(22)18(17)8-9-27(21)16-4-1-2-5-16)32-14-15-6-7-19-20(12-15)31-11-3-10-30-19/h6-9,12-13,16H,1-5,10-11,14H2. The molecule has 3 aromatic heterocycles. The fourth-order valence-corrected chi connectivity index (χ4v) is 5.25. The Morgan fingerprint density at radius 2 is 1.91 bits per heavy atom. The predicted octanol–water partition coefficient (Wildman–Crippen LogP) is 4.01. The van der Waals surface area contributed by atoms with Gasteiger partial charge in [-0.05, 0) is 36.6 Å². The molecular formula is C23H23N5O3S. The third-order valence-corrected chi connectivity index (χ3v) is 7.05. The third-order valence-electron chi connectivity index (χ3n) is 6.14. The lowest BCUT2D eigenvalue weighted by molar-refractivity contribution is 0.297. The maximum absolute atomic E-state index is 13.1. The van der Waals surface area contributed by atoms with Gasteiger partial charge in [0.1, 0.15) is 0 Å². The smallest absolute Gasteiger partial charge is 0.261 e. The van der Waals surface area contributed by atoms with Crippen LogP contribution >= 0.6 is 11.8 Å². The zero-order chi connectivity index (χ0) is 21.5. The molecule has 1 aliphatic heterocycles. The second-order valence-corrected chi connectivity index (χ2v) is 9.19. The van der Waals surface area contributed by atoms with E-state index in [1.807, 2.05) is 35.0 Å². The van der Waals surface area contributed by atoms with Gasteiger partial charge in [-0.3, -0.25) is 4.79 Å². The average Bonchev–Trinajstić information content (AvgIpc) is 3.43. The van der Waals surface area contributed by atoms with Crippen LogP contribution in [0.15, 0.2) is 46.6 Å². The highest BCUT2D eigenvalue weighted by atomic mass is 32.2. The van der Waals surface area contributed by atoms with Crippen molar-refractivity contribution in [3.05, 3.63) is 52.6 Å². The maximum atomic E-state index is 13.1. The molecule has 1 saturated carbocycles. The van der Waals surface area contributed by atoms with Gasteiger partial charge in [0.05, 0.1) is 24.1 Å². The molecule has 0 atom stereocenters. The predicted molar refractivity (Wildman–Crippen MR) is 122 cm³/mol. The Hall–Kier alpha value is -3.07. The number of pyridine rings is 1. The van der Waals surface area contributed by atoms with Crippen molar-refractivity contribution in [1.82, 2.24) is 24.1 Å². The Balaban J connectivity index is 1.28.